The molecule has 0 aliphatic carbocycles. The molecule has 1 saturated heterocycles. The molecule has 0 bridgehead atoms. The zero-order valence-electron chi connectivity index (χ0n) is 15.0. The largest absolute Gasteiger partial charge is 0.339 e. The minimum Gasteiger partial charge on any atom is -0.339 e. The molecule has 0 spiro atoms. The Balaban J connectivity index is 1.66. The highest BCUT2D eigenvalue weighted by Crippen LogP contribution is 2.23. The molecule has 2 N–H and O–H groups in total. The summed E-state index contributed by atoms with van der Waals surface area (Å²) < 4.78 is 5.41. The van der Waals surface area contributed by atoms with Crippen LogP contribution < -0.4 is 10.6 Å². The Morgan fingerprint density at radius 1 is 1.44 bits per heavy atom. The molecule has 1 aromatic carbocycles. The Labute approximate surface area is 147 Å². The fourth-order valence-electron chi connectivity index (χ4n) is 3.06. The van der Waals surface area contributed by atoms with Gasteiger partial charge in [-0.15, -0.1) is 0 Å². The number of hydrogen-bond donors (Lipinski definition) is 2. The lowest BCUT2D eigenvalue weighted by Crippen LogP contribution is -2.34. The minimum atomic E-state index is -0.230. The smallest absolute Gasteiger partial charge is 0.319 e. The molecule has 0 saturated carbocycles. The normalized spacial score (nSPS) is 17.8. The van der Waals surface area contributed by atoms with E-state index < -0.39 is 0 Å². The third-order valence-electron chi connectivity index (χ3n) is 4.22. The second kappa shape index (κ2) is 7.65. The number of carbonyl (C=O) groups is 1. The van der Waals surface area contributed by atoms with Crippen LogP contribution in [0.15, 0.2) is 28.8 Å². The van der Waals surface area contributed by atoms with Gasteiger partial charge < -0.3 is 20.1 Å². The molecule has 7 heteroatoms. The summed E-state index contributed by atoms with van der Waals surface area (Å²) in [5.41, 5.74) is 1.51. The molecule has 25 heavy (non-hydrogen) atoms. The van der Waals surface area contributed by atoms with Gasteiger partial charge >= 0.3 is 6.03 Å². The highest BCUT2D eigenvalue weighted by molar-refractivity contribution is 5.90. The summed E-state index contributed by atoms with van der Waals surface area (Å²) in [6.45, 7) is 6.03. The first-order chi connectivity index (χ1) is 12.0. The number of rotatable bonds is 5. The van der Waals surface area contributed by atoms with E-state index in [1.54, 1.807) is 0 Å². The molecule has 1 unspecified atom stereocenters. The van der Waals surface area contributed by atoms with Crippen molar-refractivity contribution in [2.24, 2.45) is 5.92 Å². The van der Waals surface area contributed by atoms with Crippen LogP contribution in [0.1, 0.15) is 26.2 Å². The fraction of sp³-hybridized carbons (Fsp3) is 0.500. The number of likely N-dealkylation sites (tertiary alicyclic amines) is 1. The summed E-state index contributed by atoms with van der Waals surface area (Å²) in [4.78, 5) is 18.7. The first kappa shape index (κ1) is 17.4. The molecular formula is C18H25N5O2. The van der Waals surface area contributed by atoms with E-state index >= 15 is 0 Å². The van der Waals surface area contributed by atoms with E-state index in [-0.39, 0.29) is 12.1 Å². The van der Waals surface area contributed by atoms with Gasteiger partial charge in [0.25, 0.3) is 0 Å². The zero-order chi connectivity index (χ0) is 17.8. The van der Waals surface area contributed by atoms with E-state index in [0.29, 0.717) is 23.3 Å². The monoisotopic (exact) mass is 343 g/mol. The lowest BCUT2D eigenvalue weighted by Gasteiger charge is -2.10. The Kier molecular flexibility index (Phi) is 5.33. The van der Waals surface area contributed by atoms with Gasteiger partial charge in [0.05, 0.1) is 0 Å². The summed E-state index contributed by atoms with van der Waals surface area (Å²) >= 11 is 0. The molecule has 2 heterocycles. The summed E-state index contributed by atoms with van der Waals surface area (Å²) in [6, 6.07) is 7.30. The number of nitrogens with one attached hydrogen (secondary N) is 2. The minimum absolute atomic E-state index is 0.0811. The number of amides is 2. The highest BCUT2D eigenvalue weighted by atomic mass is 16.5. The number of anilines is 1. The molecular weight excluding hydrogens is 318 g/mol. The van der Waals surface area contributed by atoms with E-state index in [2.05, 4.69) is 32.7 Å². The molecule has 2 amide bonds. The molecule has 3 rings (SSSR count). The van der Waals surface area contributed by atoms with Crippen molar-refractivity contribution in [3.8, 4) is 11.4 Å². The van der Waals surface area contributed by atoms with Gasteiger partial charge in [0.1, 0.15) is 0 Å². The number of urea groups is 1. The van der Waals surface area contributed by atoms with Gasteiger partial charge in [0.15, 0.2) is 0 Å². The van der Waals surface area contributed by atoms with Crippen molar-refractivity contribution < 1.29 is 9.32 Å². The van der Waals surface area contributed by atoms with Crippen LogP contribution >= 0.6 is 0 Å². The fourth-order valence-corrected chi connectivity index (χ4v) is 3.06. The topological polar surface area (TPSA) is 83.3 Å². The Morgan fingerprint density at radius 3 is 3.00 bits per heavy atom. The number of nitrogens with zero attached hydrogens (tertiary/aromatic N) is 3. The summed E-state index contributed by atoms with van der Waals surface area (Å²) in [7, 11) is 2.13. The van der Waals surface area contributed by atoms with Crippen LogP contribution in [-0.4, -0.2) is 47.3 Å². The predicted octanol–water partition coefficient (Wildman–Crippen LogP) is 2.76. The maximum Gasteiger partial charge on any atom is 0.319 e. The van der Waals surface area contributed by atoms with Gasteiger partial charge in [-0.2, -0.15) is 4.98 Å². The molecule has 1 aliphatic heterocycles. The van der Waals surface area contributed by atoms with E-state index in [1.807, 2.05) is 38.1 Å². The maximum absolute atomic E-state index is 11.8. The second-order valence-corrected chi connectivity index (χ2v) is 6.97. The first-order valence-electron chi connectivity index (χ1n) is 8.68. The Hall–Kier alpha value is -2.41. The van der Waals surface area contributed by atoms with Gasteiger partial charge in [0, 0.05) is 30.3 Å². The summed E-state index contributed by atoms with van der Waals surface area (Å²) in [5, 5.41) is 9.69. The highest BCUT2D eigenvalue weighted by Gasteiger charge is 2.22. The van der Waals surface area contributed by atoms with Crippen molar-refractivity contribution in [2.75, 3.05) is 25.5 Å². The standard InChI is InChI=1S/C18H25N5O2/c1-12(2)19-18(24)20-15-6-4-5-14(10-15)17-21-16(25-22-17)9-13-7-8-23(3)11-13/h4-6,10,12-13H,7-9,11H2,1-3H3,(H2,19,20,24). The van der Waals surface area contributed by atoms with Gasteiger partial charge in [-0.25, -0.2) is 4.79 Å². The van der Waals surface area contributed by atoms with Crippen molar-refractivity contribution in [1.29, 1.82) is 0 Å². The van der Waals surface area contributed by atoms with E-state index in [0.717, 1.165) is 25.1 Å². The van der Waals surface area contributed by atoms with Crippen LogP contribution in [0.25, 0.3) is 11.4 Å². The third-order valence-corrected chi connectivity index (χ3v) is 4.22. The average molecular weight is 343 g/mol. The van der Waals surface area contributed by atoms with Crippen molar-refractivity contribution >= 4 is 11.7 Å². The van der Waals surface area contributed by atoms with Crippen molar-refractivity contribution in [3.05, 3.63) is 30.2 Å². The zero-order valence-corrected chi connectivity index (χ0v) is 15.0. The van der Waals surface area contributed by atoms with E-state index in [9.17, 15) is 4.79 Å². The Bertz CT molecular complexity index is 728. The number of aromatic nitrogens is 2. The van der Waals surface area contributed by atoms with E-state index in [1.165, 1.54) is 6.42 Å². The number of hydrogen-bond acceptors (Lipinski definition) is 5. The van der Waals surface area contributed by atoms with Crippen molar-refractivity contribution in [3.63, 3.8) is 0 Å². The summed E-state index contributed by atoms with van der Waals surface area (Å²) in [6.07, 6.45) is 1.98. The summed E-state index contributed by atoms with van der Waals surface area (Å²) in [5.74, 6) is 1.80. The SMILES string of the molecule is CC(C)NC(=O)Nc1cccc(-c2noc(CC3CCN(C)C3)n2)c1. The molecule has 2 aromatic rings. The quantitative estimate of drug-likeness (QED) is 0.872. The average Bonchev–Trinajstić information content (AvgIpc) is 3.16. The molecule has 7 nitrogen and oxygen atoms in total. The number of carbonyl (C=O) groups excluding carboxylic acids is 1. The molecule has 134 valence electrons. The van der Waals surface area contributed by atoms with Crippen LogP contribution in [0.4, 0.5) is 10.5 Å². The molecule has 1 fully saturated rings. The van der Waals surface area contributed by atoms with E-state index in [4.69, 9.17) is 4.52 Å². The third kappa shape index (κ3) is 4.79. The maximum atomic E-state index is 11.8. The Morgan fingerprint density at radius 2 is 2.28 bits per heavy atom. The van der Waals surface area contributed by atoms with Gasteiger partial charge in [0.2, 0.25) is 11.7 Å². The van der Waals surface area contributed by atoms with Crippen LogP contribution in [-0.2, 0) is 6.42 Å². The first-order valence-corrected chi connectivity index (χ1v) is 8.68. The molecule has 1 atom stereocenters. The molecule has 1 aliphatic rings. The van der Waals surface area contributed by atoms with Crippen LogP contribution in [0.5, 0.6) is 0 Å². The predicted molar refractivity (Wildman–Crippen MR) is 96.3 cm³/mol. The van der Waals surface area contributed by atoms with Crippen LogP contribution in [0.3, 0.4) is 0 Å². The lowest BCUT2D eigenvalue weighted by atomic mass is 10.1. The van der Waals surface area contributed by atoms with Gasteiger partial charge in [-0.3, -0.25) is 0 Å². The second-order valence-electron chi connectivity index (χ2n) is 6.97. The van der Waals surface area contributed by atoms with Gasteiger partial charge in [-0.1, -0.05) is 17.3 Å². The van der Waals surface area contributed by atoms with Crippen LogP contribution in [0.2, 0.25) is 0 Å². The van der Waals surface area contributed by atoms with Crippen LogP contribution in [0, 0.1) is 5.92 Å². The number of benzene rings is 1. The molecule has 0 radical (unpaired) electrons. The van der Waals surface area contributed by atoms with Crippen molar-refractivity contribution in [1.82, 2.24) is 20.4 Å². The molecule has 1 aromatic heterocycles. The van der Waals surface area contributed by atoms with Crippen molar-refractivity contribution in [2.45, 2.75) is 32.7 Å². The lowest BCUT2D eigenvalue weighted by molar-refractivity contribution is 0.250. The van der Waals surface area contributed by atoms with Gasteiger partial charge in [-0.05, 0) is 51.9 Å².